The first-order valence-corrected chi connectivity index (χ1v) is 12.2. The van der Waals surface area contributed by atoms with Gasteiger partial charge in [0.25, 0.3) is 0 Å². The number of rotatable bonds is 11. The lowest BCUT2D eigenvalue weighted by Gasteiger charge is -2.31. The van der Waals surface area contributed by atoms with Gasteiger partial charge in [-0.05, 0) is 73.1 Å². The number of hydrogen-bond donors (Lipinski definition) is 0. The SMILES string of the molecule is CCCc1ccc(OC(=O)c2ccc(OCCCC3CCCCC3CCC)cc2)cc1. The van der Waals surface area contributed by atoms with E-state index in [2.05, 4.69) is 13.8 Å². The normalized spacial score (nSPS) is 18.5. The third-order valence-electron chi connectivity index (χ3n) is 6.48. The van der Waals surface area contributed by atoms with Gasteiger partial charge in [-0.3, -0.25) is 0 Å². The predicted octanol–water partition coefficient (Wildman–Crippen LogP) is 7.62. The van der Waals surface area contributed by atoms with Gasteiger partial charge >= 0.3 is 5.97 Å². The highest BCUT2D eigenvalue weighted by atomic mass is 16.5. The van der Waals surface area contributed by atoms with Crippen LogP contribution in [-0.2, 0) is 6.42 Å². The second kappa shape index (κ2) is 12.5. The highest BCUT2D eigenvalue weighted by molar-refractivity contribution is 5.91. The van der Waals surface area contributed by atoms with Crippen molar-refractivity contribution in [1.82, 2.24) is 0 Å². The molecule has 168 valence electrons. The molecule has 1 fully saturated rings. The summed E-state index contributed by atoms with van der Waals surface area (Å²) in [5.41, 5.74) is 1.79. The van der Waals surface area contributed by atoms with E-state index in [4.69, 9.17) is 9.47 Å². The maximum atomic E-state index is 12.4. The molecule has 1 saturated carbocycles. The quantitative estimate of drug-likeness (QED) is 0.212. The molecule has 2 aromatic rings. The summed E-state index contributed by atoms with van der Waals surface area (Å²) < 4.78 is 11.4. The number of hydrogen-bond acceptors (Lipinski definition) is 3. The zero-order valence-corrected chi connectivity index (χ0v) is 19.3. The van der Waals surface area contributed by atoms with Crippen LogP contribution < -0.4 is 9.47 Å². The number of ether oxygens (including phenoxy) is 2. The van der Waals surface area contributed by atoms with Crippen LogP contribution in [0.2, 0.25) is 0 Å². The van der Waals surface area contributed by atoms with Crippen LogP contribution in [0, 0.1) is 11.8 Å². The minimum absolute atomic E-state index is 0.339. The second-order valence-corrected chi connectivity index (χ2v) is 8.89. The third-order valence-corrected chi connectivity index (χ3v) is 6.48. The van der Waals surface area contributed by atoms with Crippen LogP contribution in [0.25, 0.3) is 0 Å². The Bertz CT molecular complexity index is 777. The second-order valence-electron chi connectivity index (χ2n) is 8.89. The third kappa shape index (κ3) is 7.41. The van der Waals surface area contributed by atoms with Crippen molar-refractivity contribution in [2.24, 2.45) is 11.8 Å². The average Bonchev–Trinajstić information content (AvgIpc) is 2.80. The molecule has 0 N–H and O–H groups in total. The molecule has 0 bridgehead atoms. The number of benzene rings is 2. The van der Waals surface area contributed by atoms with E-state index in [9.17, 15) is 4.79 Å². The molecule has 0 heterocycles. The lowest BCUT2D eigenvalue weighted by molar-refractivity contribution is 0.0734. The van der Waals surface area contributed by atoms with Crippen molar-refractivity contribution < 1.29 is 14.3 Å². The fraction of sp³-hybridized carbons (Fsp3) is 0.536. The van der Waals surface area contributed by atoms with Gasteiger partial charge in [-0.2, -0.15) is 0 Å². The van der Waals surface area contributed by atoms with Crippen molar-refractivity contribution in [3.8, 4) is 11.5 Å². The number of carbonyl (C=O) groups excluding carboxylic acids is 1. The van der Waals surface area contributed by atoms with Gasteiger partial charge in [-0.25, -0.2) is 4.79 Å². The molecule has 0 aliphatic heterocycles. The molecule has 3 rings (SSSR count). The molecule has 2 aromatic carbocycles. The first kappa shape index (κ1) is 23.4. The smallest absolute Gasteiger partial charge is 0.343 e. The molecule has 1 aliphatic carbocycles. The summed E-state index contributed by atoms with van der Waals surface area (Å²) >= 11 is 0. The van der Waals surface area contributed by atoms with E-state index in [1.807, 2.05) is 36.4 Å². The lowest BCUT2D eigenvalue weighted by Crippen LogP contribution is -2.20. The topological polar surface area (TPSA) is 35.5 Å². The first-order chi connectivity index (χ1) is 15.2. The van der Waals surface area contributed by atoms with Crippen LogP contribution in [0.1, 0.15) is 87.6 Å². The van der Waals surface area contributed by atoms with Crippen molar-refractivity contribution >= 4 is 5.97 Å². The number of esters is 1. The Kier molecular flexibility index (Phi) is 9.45. The summed E-state index contributed by atoms with van der Waals surface area (Å²) in [4.78, 5) is 12.4. The zero-order chi connectivity index (χ0) is 21.9. The van der Waals surface area contributed by atoms with Gasteiger partial charge in [0.1, 0.15) is 11.5 Å². The Hall–Kier alpha value is -2.29. The minimum Gasteiger partial charge on any atom is -0.494 e. The maximum absolute atomic E-state index is 12.4. The summed E-state index contributed by atoms with van der Waals surface area (Å²) in [6.07, 6.45) is 12.8. The molecule has 0 radical (unpaired) electrons. The van der Waals surface area contributed by atoms with Crippen molar-refractivity contribution in [2.45, 2.75) is 78.1 Å². The van der Waals surface area contributed by atoms with Crippen LogP contribution in [-0.4, -0.2) is 12.6 Å². The highest BCUT2D eigenvalue weighted by Crippen LogP contribution is 2.36. The molecule has 0 amide bonds. The fourth-order valence-corrected chi connectivity index (χ4v) is 4.82. The van der Waals surface area contributed by atoms with Gasteiger partial charge in [0.05, 0.1) is 12.2 Å². The lowest BCUT2D eigenvalue weighted by atomic mass is 9.75. The Morgan fingerprint density at radius 3 is 2.13 bits per heavy atom. The molecule has 2 atom stereocenters. The van der Waals surface area contributed by atoms with E-state index in [-0.39, 0.29) is 5.97 Å². The zero-order valence-electron chi connectivity index (χ0n) is 19.3. The van der Waals surface area contributed by atoms with Crippen LogP contribution in [0.3, 0.4) is 0 Å². The van der Waals surface area contributed by atoms with E-state index in [0.29, 0.717) is 11.3 Å². The molecule has 3 heteroatoms. The summed E-state index contributed by atoms with van der Waals surface area (Å²) in [7, 11) is 0. The van der Waals surface area contributed by atoms with Gasteiger partial charge in [-0.1, -0.05) is 70.9 Å². The number of carbonyl (C=O) groups is 1. The average molecular weight is 423 g/mol. The molecular formula is C28H38O3. The molecule has 0 saturated heterocycles. The largest absolute Gasteiger partial charge is 0.494 e. The van der Waals surface area contributed by atoms with E-state index < -0.39 is 0 Å². The Morgan fingerprint density at radius 2 is 1.48 bits per heavy atom. The Labute approximate surface area is 188 Å². The standard InChI is InChI=1S/C28H38O3/c1-3-8-22-13-17-27(18-14-22)31-28(29)25-15-19-26(20-16-25)30-21-7-12-24-11-6-5-10-23(24)9-4-2/h13-20,23-24H,3-12,21H2,1-2H3. The van der Waals surface area contributed by atoms with Gasteiger partial charge in [0.2, 0.25) is 0 Å². The first-order valence-electron chi connectivity index (χ1n) is 12.2. The van der Waals surface area contributed by atoms with Crippen LogP contribution >= 0.6 is 0 Å². The van der Waals surface area contributed by atoms with Crippen LogP contribution in [0.4, 0.5) is 0 Å². The summed E-state index contributed by atoms with van der Waals surface area (Å²) in [5.74, 6) is 2.86. The van der Waals surface area contributed by atoms with Gasteiger partial charge in [-0.15, -0.1) is 0 Å². The molecule has 0 aromatic heterocycles. The molecule has 1 aliphatic rings. The summed E-state index contributed by atoms with van der Waals surface area (Å²) in [5, 5.41) is 0. The van der Waals surface area contributed by atoms with Crippen molar-refractivity contribution in [3.63, 3.8) is 0 Å². The molecule has 31 heavy (non-hydrogen) atoms. The molecule has 3 nitrogen and oxygen atoms in total. The number of aryl methyl sites for hydroxylation is 1. The van der Waals surface area contributed by atoms with Gasteiger partial charge < -0.3 is 9.47 Å². The highest BCUT2D eigenvalue weighted by Gasteiger charge is 2.23. The molecular weight excluding hydrogens is 384 g/mol. The fourth-order valence-electron chi connectivity index (χ4n) is 4.82. The summed E-state index contributed by atoms with van der Waals surface area (Å²) in [6, 6.07) is 15.0. The van der Waals surface area contributed by atoms with Crippen molar-refractivity contribution in [1.29, 1.82) is 0 Å². The minimum atomic E-state index is -0.339. The Balaban J connectivity index is 1.41. The maximum Gasteiger partial charge on any atom is 0.343 e. The van der Waals surface area contributed by atoms with E-state index >= 15 is 0 Å². The molecule has 0 spiro atoms. The molecule has 2 unspecified atom stereocenters. The van der Waals surface area contributed by atoms with E-state index in [0.717, 1.165) is 43.5 Å². The van der Waals surface area contributed by atoms with E-state index in [1.165, 1.54) is 50.5 Å². The van der Waals surface area contributed by atoms with Gasteiger partial charge in [0.15, 0.2) is 0 Å². The monoisotopic (exact) mass is 422 g/mol. The van der Waals surface area contributed by atoms with E-state index in [1.54, 1.807) is 12.1 Å². The van der Waals surface area contributed by atoms with Gasteiger partial charge in [0, 0.05) is 0 Å². The Morgan fingerprint density at radius 1 is 0.839 bits per heavy atom. The van der Waals surface area contributed by atoms with Crippen molar-refractivity contribution in [3.05, 3.63) is 59.7 Å². The predicted molar refractivity (Wildman–Crippen MR) is 127 cm³/mol. The van der Waals surface area contributed by atoms with Crippen molar-refractivity contribution in [2.75, 3.05) is 6.61 Å². The van der Waals surface area contributed by atoms with Crippen LogP contribution in [0.5, 0.6) is 11.5 Å². The summed E-state index contributed by atoms with van der Waals surface area (Å²) in [6.45, 7) is 5.20. The van der Waals surface area contributed by atoms with Crippen LogP contribution in [0.15, 0.2) is 48.5 Å².